The molecule has 1 unspecified atom stereocenters. The van der Waals surface area contributed by atoms with E-state index < -0.39 is 0 Å². The Hall–Kier alpha value is -0.110. The van der Waals surface area contributed by atoms with Crippen LogP contribution in [0.15, 0.2) is 12.3 Å². The number of hydrogen-bond donors (Lipinski definition) is 0. The molecule has 0 saturated heterocycles. The quantitative estimate of drug-likeness (QED) is 0.671. The van der Waals surface area contributed by atoms with Crippen LogP contribution in [0.5, 0.6) is 0 Å². The van der Waals surface area contributed by atoms with Gasteiger partial charge in [0.25, 0.3) is 0 Å². The smallest absolute Gasteiger partial charge is 0.0212 e. The van der Waals surface area contributed by atoms with E-state index in [-0.39, 0.29) is 0 Å². The molecule has 13 heavy (non-hydrogen) atoms. The number of thioether (sulfide) groups is 1. The van der Waals surface area contributed by atoms with Crippen LogP contribution in [0.2, 0.25) is 0 Å². The molecule has 0 aliphatic carbocycles. The van der Waals surface area contributed by atoms with Gasteiger partial charge < -0.3 is 4.90 Å². The van der Waals surface area contributed by atoms with Gasteiger partial charge in [0.05, 0.1) is 0 Å². The predicted molar refractivity (Wildman–Crippen MR) is 66.4 cm³/mol. The van der Waals surface area contributed by atoms with Crippen LogP contribution in [0.25, 0.3) is 0 Å². The largest absolute Gasteiger partial charge is 0.378 e. The van der Waals surface area contributed by atoms with E-state index in [1.165, 1.54) is 0 Å². The average molecular weight is 203 g/mol. The van der Waals surface area contributed by atoms with Crippen LogP contribution in [0.4, 0.5) is 0 Å². The minimum Gasteiger partial charge on any atom is -0.378 e. The SMILES string of the molecule is CC.CCN(/C=C/C(C)SC)CC. The molecule has 0 radical (unpaired) electrons. The highest BCUT2D eigenvalue weighted by Crippen LogP contribution is 2.06. The third kappa shape index (κ3) is 9.81. The standard InChI is InChI=1S/C9H19NS.C2H6/c1-5-10(6-2)8-7-9(3)11-4;1-2/h7-9H,5-6H2,1-4H3;1-2H3/b8-7+;. The van der Waals surface area contributed by atoms with Crippen molar-refractivity contribution in [2.45, 2.75) is 39.9 Å². The second-order valence-electron chi connectivity index (χ2n) is 2.50. The van der Waals surface area contributed by atoms with Gasteiger partial charge in [0.1, 0.15) is 0 Å². The summed E-state index contributed by atoms with van der Waals surface area (Å²) >= 11 is 1.87. The Kier molecular flexibility index (Phi) is 14.1. The molecule has 0 aliphatic rings. The lowest BCUT2D eigenvalue weighted by molar-refractivity contribution is 0.418. The molecule has 0 saturated carbocycles. The number of rotatable bonds is 5. The molecular weight excluding hydrogens is 178 g/mol. The molecule has 80 valence electrons. The van der Waals surface area contributed by atoms with Crippen LogP contribution < -0.4 is 0 Å². The zero-order valence-electron chi connectivity index (χ0n) is 10.0. The molecule has 0 heterocycles. The third-order valence-electron chi connectivity index (χ3n) is 1.75. The first kappa shape index (κ1) is 15.4. The first-order chi connectivity index (χ1) is 6.24. The average Bonchev–Trinajstić information content (AvgIpc) is 2.22. The lowest BCUT2D eigenvalue weighted by atomic mass is 10.4. The van der Waals surface area contributed by atoms with Crippen molar-refractivity contribution >= 4 is 11.8 Å². The van der Waals surface area contributed by atoms with Crippen LogP contribution in [0, 0.1) is 0 Å². The highest BCUT2D eigenvalue weighted by atomic mass is 32.2. The van der Waals surface area contributed by atoms with Gasteiger partial charge in [0, 0.05) is 18.3 Å². The van der Waals surface area contributed by atoms with Crippen molar-refractivity contribution in [3.8, 4) is 0 Å². The second-order valence-corrected chi connectivity index (χ2v) is 3.72. The van der Waals surface area contributed by atoms with Crippen molar-refractivity contribution in [1.29, 1.82) is 0 Å². The Bertz CT molecular complexity index is 109. The summed E-state index contributed by atoms with van der Waals surface area (Å²) in [4.78, 5) is 2.30. The molecular formula is C11H25NS. The van der Waals surface area contributed by atoms with Crippen LogP contribution in [-0.4, -0.2) is 29.5 Å². The minimum atomic E-state index is 0.635. The van der Waals surface area contributed by atoms with Crippen molar-refractivity contribution in [3.63, 3.8) is 0 Å². The molecule has 0 rings (SSSR count). The lowest BCUT2D eigenvalue weighted by Crippen LogP contribution is -2.15. The van der Waals surface area contributed by atoms with Gasteiger partial charge in [-0.25, -0.2) is 0 Å². The zero-order valence-corrected chi connectivity index (χ0v) is 10.8. The van der Waals surface area contributed by atoms with Crippen LogP contribution in [0.1, 0.15) is 34.6 Å². The summed E-state index contributed by atoms with van der Waals surface area (Å²) in [6.45, 7) is 12.8. The maximum absolute atomic E-state index is 2.30. The van der Waals surface area contributed by atoms with Crippen molar-refractivity contribution in [1.82, 2.24) is 4.90 Å². The van der Waals surface area contributed by atoms with Gasteiger partial charge in [-0.2, -0.15) is 11.8 Å². The molecule has 1 atom stereocenters. The van der Waals surface area contributed by atoms with E-state index in [1.54, 1.807) is 0 Å². The van der Waals surface area contributed by atoms with Gasteiger partial charge in [-0.05, 0) is 33.2 Å². The minimum absolute atomic E-state index is 0.635. The molecule has 0 aromatic carbocycles. The summed E-state index contributed by atoms with van der Waals surface area (Å²) in [5.41, 5.74) is 0. The maximum Gasteiger partial charge on any atom is 0.0212 e. The topological polar surface area (TPSA) is 3.24 Å². The van der Waals surface area contributed by atoms with E-state index in [9.17, 15) is 0 Å². The molecule has 2 heteroatoms. The Labute approximate surface area is 88.6 Å². The molecule has 0 N–H and O–H groups in total. The predicted octanol–water partition coefficient (Wildman–Crippen LogP) is 3.62. The van der Waals surface area contributed by atoms with Crippen molar-refractivity contribution < 1.29 is 0 Å². The highest BCUT2D eigenvalue weighted by molar-refractivity contribution is 7.99. The molecule has 1 nitrogen and oxygen atoms in total. The molecule has 0 aliphatic heterocycles. The molecule has 0 spiro atoms. The summed E-state index contributed by atoms with van der Waals surface area (Å²) < 4.78 is 0. The highest BCUT2D eigenvalue weighted by Gasteiger charge is 1.93. The van der Waals surface area contributed by atoms with E-state index in [1.807, 2.05) is 25.6 Å². The Morgan fingerprint density at radius 2 is 1.69 bits per heavy atom. The van der Waals surface area contributed by atoms with E-state index in [0.717, 1.165) is 13.1 Å². The molecule has 0 aromatic heterocycles. The van der Waals surface area contributed by atoms with Gasteiger partial charge >= 0.3 is 0 Å². The van der Waals surface area contributed by atoms with Crippen molar-refractivity contribution in [2.75, 3.05) is 19.3 Å². The van der Waals surface area contributed by atoms with Gasteiger partial charge in [0.15, 0.2) is 0 Å². The van der Waals surface area contributed by atoms with Gasteiger partial charge in [0.2, 0.25) is 0 Å². The second kappa shape index (κ2) is 11.9. The van der Waals surface area contributed by atoms with E-state index in [0.29, 0.717) is 5.25 Å². The van der Waals surface area contributed by atoms with Gasteiger partial charge in [-0.1, -0.05) is 19.9 Å². The molecule has 0 amide bonds. The number of hydrogen-bond acceptors (Lipinski definition) is 2. The summed E-state index contributed by atoms with van der Waals surface area (Å²) in [7, 11) is 0. The van der Waals surface area contributed by atoms with E-state index in [4.69, 9.17) is 0 Å². The summed E-state index contributed by atoms with van der Waals surface area (Å²) in [6.07, 6.45) is 6.58. The fraction of sp³-hybridized carbons (Fsp3) is 0.818. The summed E-state index contributed by atoms with van der Waals surface area (Å²) in [5, 5.41) is 0.635. The van der Waals surface area contributed by atoms with Crippen LogP contribution in [0.3, 0.4) is 0 Å². The normalized spacial score (nSPS) is 12.2. The Balaban J connectivity index is 0. The van der Waals surface area contributed by atoms with E-state index >= 15 is 0 Å². The third-order valence-corrected chi connectivity index (χ3v) is 2.65. The molecule has 0 aromatic rings. The first-order valence-electron chi connectivity index (χ1n) is 5.19. The van der Waals surface area contributed by atoms with E-state index in [2.05, 4.69) is 44.2 Å². The first-order valence-corrected chi connectivity index (χ1v) is 6.48. The zero-order chi connectivity index (χ0) is 10.7. The molecule has 0 bridgehead atoms. The van der Waals surface area contributed by atoms with Crippen molar-refractivity contribution in [3.05, 3.63) is 12.3 Å². The fourth-order valence-corrected chi connectivity index (χ4v) is 0.983. The lowest BCUT2D eigenvalue weighted by Gasteiger charge is -2.15. The van der Waals surface area contributed by atoms with Crippen molar-refractivity contribution in [2.24, 2.45) is 0 Å². The monoisotopic (exact) mass is 203 g/mol. The Morgan fingerprint density at radius 3 is 2.00 bits per heavy atom. The maximum atomic E-state index is 2.30. The van der Waals surface area contributed by atoms with Gasteiger partial charge in [-0.15, -0.1) is 0 Å². The Morgan fingerprint density at radius 1 is 1.23 bits per heavy atom. The van der Waals surface area contributed by atoms with Crippen LogP contribution in [-0.2, 0) is 0 Å². The summed E-state index contributed by atoms with van der Waals surface area (Å²) in [6, 6.07) is 0. The number of nitrogens with zero attached hydrogens (tertiary/aromatic N) is 1. The fourth-order valence-electron chi connectivity index (χ4n) is 0.756. The summed E-state index contributed by atoms with van der Waals surface area (Å²) in [5.74, 6) is 0. The molecule has 0 fully saturated rings. The van der Waals surface area contributed by atoms with Gasteiger partial charge in [-0.3, -0.25) is 0 Å². The van der Waals surface area contributed by atoms with Crippen LogP contribution >= 0.6 is 11.8 Å².